The summed E-state index contributed by atoms with van der Waals surface area (Å²) in [6, 6.07) is 6.39. The lowest BCUT2D eigenvalue weighted by molar-refractivity contribution is 0.0778. The van der Waals surface area contributed by atoms with Crippen molar-refractivity contribution in [1.29, 1.82) is 0 Å². The molecule has 1 saturated heterocycles. The molecule has 2 heterocycles. The minimum atomic E-state index is -0.289. The van der Waals surface area contributed by atoms with Crippen molar-refractivity contribution in [2.24, 2.45) is 17.6 Å². The number of fused-ring (bicyclic) bond motifs is 1. The Bertz CT molecular complexity index is 820. The topological polar surface area (TPSA) is 64.2 Å². The SMILES string of the molecule is CC(C)c1c(C(=O)N2CC3CCC(N)C3C2)cnn1-c1ccc(F)cc1.Cl. The Labute approximate surface area is 165 Å². The Morgan fingerprint density at radius 1 is 1.22 bits per heavy atom. The molecule has 2 aromatic rings. The van der Waals surface area contributed by atoms with Gasteiger partial charge in [0.05, 0.1) is 23.1 Å². The van der Waals surface area contributed by atoms with Gasteiger partial charge in [-0.25, -0.2) is 9.07 Å². The summed E-state index contributed by atoms with van der Waals surface area (Å²) < 4.78 is 15.0. The Balaban J connectivity index is 0.00000210. The van der Waals surface area contributed by atoms with Gasteiger partial charge < -0.3 is 10.6 Å². The maximum Gasteiger partial charge on any atom is 0.257 e. The number of nitrogens with zero attached hydrogens (tertiary/aromatic N) is 3. The quantitative estimate of drug-likeness (QED) is 0.871. The van der Waals surface area contributed by atoms with E-state index < -0.39 is 0 Å². The number of nitrogens with two attached hydrogens (primary N) is 1. The molecule has 5 nitrogen and oxygen atoms in total. The van der Waals surface area contributed by atoms with E-state index in [1.54, 1.807) is 23.0 Å². The van der Waals surface area contributed by atoms with Crippen LogP contribution in [-0.2, 0) is 0 Å². The lowest BCUT2D eigenvalue weighted by Crippen LogP contribution is -2.33. The van der Waals surface area contributed by atoms with E-state index in [4.69, 9.17) is 5.73 Å². The van der Waals surface area contributed by atoms with Crippen molar-refractivity contribution < 1.29 is 9.18 Å². The van der Waals surface area contributed by atoms with Gasteiger partial charge in [-0.2, -0.15) is 5.10 Å². The number of aromatic nitrogens is 2. The number of carbonyl (C=O) groups excluding carboxylic acids is 1. The van der Waals surface area contributed by atoms with Crippen molar-refractivity contribution in [2.45, 2.75) is 38.6 Å². The van der Waals surface area contributed by atoms with Crippen LogP contribution in [0.2, 0.25) is 0 Å². The molecule has 2 N–H and O–H groups in total. The predicted octanol–water partition coefficient (Wildman–Crippen LogP) is 3.37. The molecule has 1 saturated carbocycles. The van der Waals surface area contributed by atoms with Gasteiger partial charge in [0.2, 0.25) is 0 Å². The van der Waals surface area contributed by atoms with E-state index in [0.717, 1.165) is 37.3 Å². The van der Waals surface area contributed by atoms with E-state index in [1.807, 2.05) is 18.7 Å². The highest BCUT2D eigenvalue weighted by atomic mass is 35.5. The first-order chi connectivity index (χ1) is 12.5. The summed E-state index contributed by atoms with van der Waals surface area (Å²) in [6.07, 6.45) is 3.83. The van der Waals surface area contributed by atoms with Crippen LogP contribution in [0.25, 0.3) is 5.69 Å². The second-order valence-electron chi connectivity index (χ2n) is 7.86. The van der Waals surface area contributed by atoms with Crippen LogP contribution < -0.4 is 5.73 Å². The second-order valence-corrected chi connectivity index (χ2v) is 7.86. The minimum Gasteiger partial charge on any atom is -0.338 e. The first kappa shape index (κ1) is 19.8. The Hall–Kier alpha value is -1.92. The van der Waals surface area contributed by atoms with Crippen molar-refractivity contribution >= 4 is 18.3 Å². The molecule has 3 atom stereocenters. The van der Waals surface area contributed by atoms with E-state index in [0.29, 0.717) is 17.4 Å². The fourth-order valence-electron chi connectivity index (χ4n) is 4.51. The van der Waals surface area contributed by atoms with Crippen LogP contribution in [0.4, 0.5) is 4.39 Å². The molecular formula is C20H26ClFN4O. The van der Waals surface area contributed by atoms with Gasteiger partial charge >= 0.3 is 0 Å². The van der Waals surface area contributed by atoms with E-state index in [1.165, 1.54) is 12.1 Å². The number of benzene rings is 1. The van der Waals surface area contributed by atoms with Gasteiger partial charge in [-0.05, 0) is 54.9 Å². The molecule has 4 rings (SSSR count). The summed E-state index contributed by atoms with van der Waals surface area (Å²) >= 11 is 0. The highest BCUT2D eigenvalue weighted by Gasteiger charge is 2.43. The fourth-order valence-corrected chi connectivity index (χ4v) is 4.51. The van der Waals surface area contributed by atoms with Crippen LogP contribution in [0.15, 0.2) is 30.5 Å². The molecule has 3 unspecified atom stereocenters. The number of carbonyl (C=O) groups is 1. The van der Waals surface area contributed by atoms with Crippen LogP contribution in [0.1, 0.15) is 48.7 Å². The molecule has 27 heavy (non-hydrogen) atoms. The molecule has 2 aliphatic rings. The lowest BCUT2D eigenvalue weighted by atomic mass is 9.98. The third kappa shape index (κ3) is 3.48. The van der Waals surface area contributed by atoms with E-state index >= 15 is 0 Å². The number of rotatable bonds is 3. The third-order valence-corrected chi connectivity index (χ3v) is 5.85. The van der Waals surface area contributed by atoms with Gasteiger partial charge in [-0.15, -0.1) is 12.4 Å². The fraction of sp³-hybridized carbons (Fsp3) is 0.500. The van der Waals surface area contributed by atoms with Crippen LogP contribution in [-0.4, -0.2) is 39.7 Å². The molecule has 1 amide bonds. The number of hydrogen-bond acceptors (Lipinski definition) is 3. The summed E-state index contributed by atoms with van der Waals surface area (Å²) in [5, 5.41) is 4.44. The molecule has 0 bridgehead atoms. The smallest absolute Gasteiger partial charge is 0.257 e. The summed E-state index contributed by atoms with van der Waals surface area (Å²) in [5.41, 5.74) is 8.47. The van der Waals surface area contributed by atoms with Gasteiger partial charge in [-0.1, -0.05) is 13.8 Å². The van der Waals surface area contributed by atoms with Crippen LogP contribution in [0.5, 0.6) is 0 Å². The minimum absolute atomic E-state index is 0. The van der Waals surface area contributed by atoms with Crippen LogP contribution >= 0.6 is 12.4 Å². The predicted molar refractivity (Wildman–Crippen MR) is 105 cm³/mol. The second kappa shape index (κ2) is 7.60. The first-order valence-corrected chi connectivity index (χ1v) is 9.34. The normalized spacial score (nSPS) is 24.2. The summed E-state index contributed by atoms with van der Waals surface area (Å²) in [7, 11) is 0. The molecule has 1 aromatic heterocycles. The van der Waals surface area contributed by atoms with Crippen LogP contribution in [0.3, 0.4) is 0 Å². The number of hydrogen-bond donors (Lipinski definition) is 1. The zero-order chi connectivity index (χ0) is 18.4. The highest BCUT2D eigenvalue weighted by Crippen LogP contribution is 2.38. The van der Waals surface area contributed by atoms with Gasteiger partial charge in [0, 0.05) is 19.1 Å². The molecule has 1 aromatic carbocycles. The van der Waals surface area contributed by atoms with Gasteiger partial charge in [0.15, 0.2) is 0 Å². The zero-order valence-corrected chi connectivity index (χ0v) is 16.5. The molecule has 1 aliphatic heterocycles. The Kier molecular flexibility index (Phi) is 5.58. The molecule has 0 spiro atoms. The van der Waals surface area contributed by atoms with Crippen molar-refractivity contribution in [3.05, 3.63) is 47.5 Å². The molecule has 0 radical (unpaired) electrons. The van der Waals surface area contributed by atoms with Crippen LogP contribution in [0, 0.1) is 17.7 Å². The van der Waals surface area contributed by atoms with Crippen molar-refractivity contribution in [1.82, 2.24) is 14.7 Å². The third-order valence-electron chi connectivity index (χ3n) is 5.85. The van der Waals surface area contributed by atoms with Gasteiger partial charge in [0.25, 0.3) is 5.91 Å². The highest BCUT2D eigenvalue weighted by molar-refractivity contribution is 5.95. The van der Waals surface area contributed by atoms with E-state index in [-0.39, 0.29) is 36.1 Å². The Morgan fingerprint density at radius 2 is 1.93 bits per heavy atom. The lowest BCUT2D eigenvalue weighted by Gasteiger charge is -2.20. The summed E-state index contributed by atoms with van der Waals surface area (Å²) in [4.78, 5) is 15.1. The number of halogens is 2. The van der Waals surface area contributed by atoms with Crippen molar-refractivity contribution in [2.75, 3.05) is 13.1 Å². The molecule has 1 aliphatic carbocycles. The maximum absolute atomic E-state index is 13.2. The molecule has 7 heteroatoms. The summed E-state index contributed by atoms with van der Waals surface area (Å²) in [5.74, 6) is 0.815. The molecule has 2 fully saturated rings. The van der Waals surface area contributed by atoms with Crippen molar-refractivity contribution in [3.63, 3.8) is 0 Å². The maximum atomic E-state index is 13.2. The van der Waals surface area contributed by atoms with E-state index in [9.17, 15) is 9.18 Å². The first-order valence-electron chi connectivity index (χ1n) is 9.34. The monoisotopic (exact) mass is 392 g/mol. The molecule has 146 valence electrons. The zero-order valence-electron chi connectivity index (χ0n) is 15.6. The Morgan fingerprint density at radius 3 is 2.56 bits per heavy atom. The van der Waals surface area contributed by atoms with E-state index in [2.05, 4.69) is 5.10 Å². The van der Waals surface area contributed by atoms with Crippen molar-refractivity contribution in [3.8, 4) is 5.69 Å². The average molecular weight is 393 g/mol. The van der Waals surface area contributed by atoms with Gasteiger partial charge in [0.1, 0.15) is 5.82 Å². The van der Waals surface area contributed by atoms with Gasteiger partial charge in [-0.3, -0.25) is 4.79 Å². The number of amides is 1. The molecular weight excluding hydrogens is 367 g/mol. The standard InChI is InChI=1S/C20H25FN4O.ClH/c1-12(2)19-16(9-23-25(19)15-6-4-14(21)5-7-15)20(26)24-10-13-3-8-18(22)17(13)11-24;/h4-7,9,12-13,17-18H,3,8,10-11,22H2,1-2H3;1H. The largest absolute Gasteiger partial charge is 0.338 e. The average Bonchev–Trinajstić information content (AvgIpc) is 3.31. The summed E-state index contributed by atoms with van der Waals surface area (Å²) in [6.45, 7) is 5.62. The number of likely N-dealkylation sites (tertiary alicyclic amines) is 1.